The van der Waals surface area contributed by atoms with Crippen molar-refractivity contribution in [2.75, 3.05) is 6.54 Å². The molecule has 2 aromatic rings. The highest BCUT2D eigenvalue weighted by Gasteiger charge is 2.10. The molecule has 2 nitrogen and oxygen atoms in total. The Morgan fingerprint density at radius 2 is 1.76 bits per heavy atom. The van der Waals surface area contributed by atoms with E-state index < -0.39 is 0 Å². The van der Waals surface area contributed by atoms with Crippen molar-refractivity contribution in [3.05, 3.63) is 65.7 Å². The van der Waals surface area contributed by atoms with E-state index in [1.54, 1.807) is 12.1 Å². The maximum absolute atomic E-state index is 9.48. The third kappa shape index (κ3) is 3.08. The molecule has 0 bridgehead atoms. The SMILES string of the molecule is NC[C@@H](Cc1ccccc1)c1cccc(O)c1. The summed E-state index contributed by atoms with van der Waals surface area (Å²) in [6.07, 6.45) is 0.904. The van der Waals surface area contributed by atoms with E-state index in [1.807, 2.05) is 30.3 Å². The van der Waals surface area contributed by atoms with E-state index in [1.165, 1.54) is 5.56 Å². The first-order chi connectivity index (χ1) is 8.29. The fourth-order valence-electron chi connectivity index (χ4n) is 2.01. The molecule has 1 atom stereocenters. The molecule has 0 spiro atoms. The Morgan fingerprint density at radius 3 is 2.41 bits per heavy atom. The molecule has 17 heavy (non-hydrogen) atoms. The molecule has 2 aromatic carbocycles. The summed E-state index contributed by atoms with van der Waals surface area (Å²) in [6.45, 7) is 0.582. The third-order valence-electron chi connectivity index (χ3n) is 2.95. The van der Waals surface area contributed by atoms with Gasteiger partial charge in [-0.25, -0.2) is 0 Å². The fraction of sp³-hybridized carbons (Fsp3) is 0.200. The highest BCUT2D eigenvalue weighted by molar-refractivity contribution is 5.31. The van der Waals surface area contributed by atoms with Crippen molar-refractivity contribution in [2.24, 2.45) is 5.73 Å². The first-order valence-electron chi connectivity index (χ1n) is 5.82. The van der Waals surface area contributed by atoms with Crippen molar-refractivity contribution in [1.82, 2.24) is 0 Å². The molecule has 0 aromatic heterocycles. The van der Waals surface area contributed by atoms with E-state index in [4.69, 9.17) is 5.73 Å². The number of aromatic hydroxyl groups is 1. The summed E-state index contributed by atoms with van der Waals surface area (Å²) in [7, 11) is 0. The van der Waals surface area contributed by atoms with Crippen LogP contribution in [0.2, 0.25) is 0 Å². The molecule has 0 fully saturated rings. The van der Waals surface area contributed by atoms with Gasteiger partial charge in [0.1, 0.15) is 5.75 Å². The summed E-state index contributed by atoms with van der Waals surface area (Å²) in [6, 6.07) is 17.6. The van der Waals surface area contributed by atoms with Gasteiger partial charge in [0.2, 0.25) is 0 Å². The fourth-order valence-corrected chi connectivity index (χ4v) is 2.01. The Morgan fingerprint density at radius 1 is 1.00 bits per heavy atom. The predicted molar refractivity (Wildman–Crippen MR) is 70.0 cm³/mol. The number of rotatable bonds is 4. The Hall–Kier alpha value is -1.80. The van der Waals surface area contributed by atoms with Crippen molar-refractivity contribution in [3.8, 4) is 5.75 Å². The topological polar surface area (TPSA) is 46.2 Å². The van der Waals surface area contributed by atoms with Gasteiger partial charge in [0, 0.05) is 5.92 Å². The van der Waals surface area contributed by atoms with Gasteiger partial charge in [-0.15, -0.1) is 0 Å². The number of benzene rings is 2. The monoisotopic (exact) mass is 227 g/mol. The van der Waals surface area contributed by atoms with Gasteiger partial charge in [-0.1, -0.05) is 42.5 Å². The molecule has 88 valence electrons. The van der Waals surface area contributed by atoms with Crippen molar-refractivity contribution in [2.45, 2.75) is 12.3 Å². The average Bonchev–Trinajstić information content (AvgIpc) is 2.37. The molecule has 0 unspecified atom stereocenters. The van der Waals surface area contributed by atoms with Crippen LogP contribution in [-0.2, 0) is 6.42 Å². The Kier molecular flexibility index (Phi) is 3.78. The van der Waals surface area contributed by atoms with Crippen LogP contribution in [0, 0.1) is 0 Å². The minimum atomic E-state index is 0.254. The number of hydrogen-bond acceptors (Lipinski definition) is 2. The predicted octanol–water partition coefficient (Wildman–Crippen LogP) is 2.68. The van der Waals surface area contributed by atoms with Crippen LogP contribution in [0.3, 0.4) is 0 Å². The van der Waals surface area contributed by atoms with Crippen molar-refractivity contribution >= 4 is 0 Å². The molecule has 0 saturated heterocycles. The van der Waals surface area contributed by atoms with Gasteiger partial charge >= 0.3 is 0 Å². The summed E-state index contributed by atoms with van der Waals surface area (Å²) in [4.78, 5) is 0. The lowest BCUT2D eigenvalue weighted by Crippen LogP contribution is -2.14. The summed E-state index contributed by atoms with van der Waals surface area (Å²) >= 11 is 0. The zero-order valence-corrected chi connectivity index (χ0v) is 9.71. The summed E-state index contributed by atoms with van der Waals surface area (Å²) in [5.74, 6) is 0.554. The minimum Gasteiger partial charge on any atom is -0.508 e. The minimum absolute atomic E-state index is 0.254. The smallest absolute Gasteiger partial charge is 0.115 e. The van der Waals surface area contributed by atoms with Crippen LogP contribution < -0.4 is 5.73 Å². The van der Waals surface area contributed by atoms with Gasteiger partial charge in [0.25, 0.3) is 0 Å². The summed E-state index contributed by atoms with van der Waals surface area (Å²) in [5.41, 5.74) is 8.18. The molecule has 0 aliphatic rings. The van der Waals surface area contributed by atoms with Gasteiger partial charge in [0.15, 0.2) is 0 Å². The molecule has 0 saturated carbocycles. The third-order valence-corrected chi connectivity index (χ3v) is 2.95. The van der Waals surface area contributed by atoms with E-state index in [9.17, 15) is 5.11 Å². The van der Waals surface area contributed by atoms with Gasteiger partial charge in [-0.05, 0) is 36.2 Å². The van der Waals surface area contributed by atoms with Gasteiger partial charge in [0.05, 0.1) is 0 Å². The number of phenols is 1. The van der Waals surface area contributed by atoms with Crippen LogP contribution in [0.25, 0.3) is 0 Å². The molecule has 0 aliphatic heterocycles. The van der Waals surface area contributed by atoms with Crippen LogP contribution in [0.4, 0.5) is 0 Å². The zero-order valence-electron chi connectivity index (χ0n) is 9.71. The van der Waals surface area contributed by atoms with Crippen LogP contribution in [0.1, 0.15) is 17.0 Å². The van der Waals surface area contributed by atoms with Gasteiger partial charge in [-0.2, -0.15) is 0 Å². The summed E-state index contributed by atoms with van der Waals surface area (Å²) < 4.78 is 0. The molecule has 0 radical (unpaired) electrons. The number of nitrogens with two attached hydrogens (primary N) is 1. The number of phenolic OH excluding ortho intramolecular Hbond substituents is 1. The standard InChI is InChI=1S/C15H17NO/c16-11-14(9-12-5-2-1-3-6-12)13-7-4-8-15(17)10-13/h1-8,10,14,17H,9,11,16H2/t14-/m1/s1. The molecule has 0 amide bonds. The van der Waals surface area contributed by atoms with Crippen LogP contribution in [0.5, 0.6) is 5.75 Å². The Labute approximate surface area is 102 Å². The molecular weight excluding hydrogens is 210 g/mol. The van der Waals surface area contributed by atoms with E-state index in [2.05, 4.69) is 12.1 Å². The van der Waals surface area contributed by atoms with Crippen LogP contribution in [0.15, 0.2) is 54.6 Å². The normalized spacial score (nSPS) is 12.3. The lowest BCUT2D eigenvalue weighted by Gasteiger charge is -2.15. The van der Waals surface area contributed by atoms with Crippen molar-refractivity contribution in [3.63, 3.8) is 0 Å². The molecular formula is C15H17NO. The Bertz CT molecular complexity index is 467. The second-order valence-corrected chi connectivity index (χ2v) is 4.22. The largest absolute Gasteiger partial charge is 0.508 e. The summed E-state index contributed by atoms with van der Waals surface area (Å²) in [5, 5.41) is 9.48. The van der Waals surface area contributed by atoms with Gasteiger partial charge < -0.3 is 10.8 Å². The van der Waals surface area contributed by atoms with Gasteiger partial charge in [-0.3, -0.25) is 0 Å². The molecule has 0 aliphatic carbocycles. The van der Waals surface area contributed by atoms with Crippen LogP contribution >= 0.6 is 0 Å². The van der Waals surface area contributed by atoms with E-state index in [0.29, 0.717) is 12.3 Å². The maximum Gasteiger partial charge on any atom is 0.115 e. The Balaban J connectivity index is 2.17. The maximum atomic E-state index is 9.48. The molecule has 2 heteroatoms. The van der Waals surface area contributed by atoms with Crippen molar-refractivity contribution < 1.29 is 5.11 Å². The van der Waals surface area contributed by atoms with Crippen LogP contribution in [-0.4, -0.2) is 11.7 Å². The molecule has 0 heterocycles. The average molecular weight is 227 g/mol. The first-order valence-corrected chi connectivity index (χ1v) is 5.82. The highest BCUT2D eigenvalue weighted by atomic mass is 16.3. The van der Waals surface area contributed by atoms with E-state index in [0.717, 1.165) is 12.0 Å². The van der Waals surface area contributed by atoms with E-state index >= 15 is 0 Å². The lowest BCUT2D eigenvalue weighted by molar-refractivity contribution is 0.473. The number of hydrogen-bond donors (Lipinski definition) is 2. The second kappa shape index (κ2) is 5.51. The quantitative estimate of drug-likeness (QED) is 0.843. The molecule has 2 rings (SSSR count). The van der Waals surface area contributed by atoms with E-state index in [-0.39, 0.29) is 5.92 Å². The second-order valence-electron chi connectivity index (χ2n) is 4.22. The lowest BCUT2D eigenvalue weighted by atomic mass is 9.92. The molecule has 3 N–H and O–H groups in total. The zero-order chi connectivity index (χ0) is 12.1. The highest BCUT2D eigenvalue weighted by Crippen LogP contribution is 2.22. The first kappa shape index (κ1) is 11.7. The van der Waals surface area contributed by atoms with Crippen molar-refractivity contribution in [1.29, 1.82) is 0 Å².